The van der Waals surface area contributed by atoms with E-state index in [1.54, 1.807) is 6.07 Å². The summed E-state index contributed by atoms with van der Waals surface area (Å²) in [6.07, 6.45) is 0.642. The van der Waals surface area contributed by atoms with Gasteiger partial charge in [-0.15, -0.1) is 0 Å². The molecule has 0 radical (unpaired) electrons. The Balaban J connectivity index is 2.72. The second-order valence-corrected chi connectivity index (χ2v) is 4.43. The second kappa shape index (κ2) is 6.35. The van der Waals surface area contributed by atoms with Gasteiger partial charge in [0.2, 0.25) is 0 Å². The minimum atomic E-state index is -0.597. The number of carbonyl (C=O) groups is 1. The van der Waals surface area contributed by atoms with Crippen LogP contribution < -0.4 is 15.8 Å². The van der Waals surface area contributed by atoms with Gasteiger partial charge in [0.25, 0.3) is 5.91 Å². The van der Waals surface area contributed by atoms with Gasteiger partial charge in [0.1, 0.15) is 11.6 Å². The van der Waals surface area contributed by atoms with E-state index in [-0.39, 0.29) is 17.6 Å². The van der Waals surface area contributed by atoms with Crippen molar-refractivity contribution in [3.05, 3.63) is 29.6 Å². The topological polar surface area (TPSA) is 64.3 Å². The summed E-state index contributed by atoms with van der Waals surface area (Å²) in [5.74, 6) is -0.657. The fourth-order valence-corrected chi connectivity index (χ4v) is 1.73. The van der Waals surface area contributed by atoms with Gasteiger partial charge in [-0.3, -0.25) is 4.79 Å². The zero-order valence-corrected chi connectivity index (χ0v) is 10.9. The number of ether oxygens (including phenoxy) is 1. The lowest BCUT2D eigenvalue weighted by molar-refractivity contribution is 0.0933. The smallest absolute Gasteiger partial charge is 0.254 e. The number of hydrogen-bond acceptors (Lipinski definition) is 3. The lowest BCUT2D eigenvalue weighted by atomic mass is 10.1. The summed E-state index contributed by atoms with van der Waals surface area (Å²) < 4.78 is 18.5. The first-order valence-corrected chi connectivity index (χ1v) is 5.84. The highest BCUT2D eigenvalue weighted by Crippen LogP contribution is 2.16. The number of hydrogen-bond donors (Lipinski definition) is 2. The number of methoxy groups -OCH3 is 1. The summed E-state index contributed by atoms with van der Waals surface area (Å²) in [4.78, 5) is 11.8. The maximum Gasteiger partial charge on any atom is 0.254 e. The summed E-state index contributed by atoms with van der Waals surface area (Å²) in [6, 6.07) is 4.03. The molecule has 1 aromatic rings. The first-order chi connectivity index (χ1) is 8.43. The third kappa shape index (κ3) is 4.00. The third-order valence-electron chi connectivity index (χ3n) is 2.52. The lowest BCUT2D eigenvalue weighted by Gasteiger charge is -2.16. The molecule has 1 amide bonds. The number of benzene rings is 1. The van der Waals surface area contributed by atoms with Crippen molar-refractivity contribution in [2.75, 3.05) is 7.11 Å². The Morgan fingerprint density at radius 3 is 2.67 bits per heavy atom. The van der Waals surface area contributed by atoms with Gasteiger partial charge in [-0.2, -0.15) is 0 Å². The molecule has 0 aromatic heterocycles. The fourth-order valence-electron chi connectivity index (χ4n) is 1.73. The molecule has 100 valence electrons. The molecule has 0 spiro atoms. The van der Waals surface area contributed by atoms with Crippen LogP contribution in [0.15, 0.2) is 18.2 Å². The first-order valence-electron chi connectivity index (χ1n) is 5.84. The Morgan fingerprint density at radius 1 is 1.50 bits per heavy atom. The van der Waals surface area contributed by atoms with Crippen LogP contribution in [0.4, 0.5) is 4.39 Å². The summed E-state index contributed by atoms with van der Waals surface area (Å²) in [7, 11) is 1.44. The van der Waals surface area contributed by atoms with E-state index in [2.05, 4.69) is 5.32 Å². The van der Waals surface area contributed by atoms with Crippen LogP contribution in [0.25, 0.3) is 0 Å². The zero-order chi connectivity index (χ0) is 13.7. The number of nitrogens with two attached hydrogens (primary N) is 1. The van der Waals surface area contributed by atoms with Gasteiger partial charge in [-0.05, 0) is 32.4 Å². The molecule has 18 heavy (non-hydrogen) atoms. The van der Waals surface area contributed by atoms with Crippen LogP contribution in [-0.4, -0.2) is 25.1 Å². The number of nitrogens with one attached hydrogen (secondary N) is 1. The molecule has 1 rings (SSSR count). The van der Waals surface area contributed by atoms with Crippen molar-refractivity contribution in [3.63, 3.8) is 0 Å². The van der Waals surface area contributed by atoms with E-state index in [4.69, 9.17) is 10.5 Å². The molecule has 0 aliphatic carbocycles. The van der Waals surface area contributed by atoms with Gasteiger partial charge in [0.15, 0.2) is 0 Å². The highest BCUT2D eigenvalue weighted by atomic mass is 19.1. The summed E-state index contributed by atoms with van der Waals surface area (Å²) in [5.41, 5.74) is 5.64. The molecule has 0 saturated carbocycles. The van der Waals surface area contributed by atoms with E-state index < -0.39 is 11.7 Å². The fraction of sp³-hybridized carbons (Fsp3) is 0.462. The molecule has 4 nitrogen and oxygen atoms in total. The molecule has 0 bridgehead atoms. The van der Waals surface area contributed by atoms with Crippen molar-refractivity contribution in [3.8, 4) is 5.75 Å². The molecular formula is C13H19FN2O2. The van der Waals surface area contributed by atoms with Gasteiger partial charge >= 0.3 is 0 Å². The predicted octanol–water partition coefficient (Wildman–Crippen LogP) is 1.69. The van der Waals surface area contributed by atoms with E-state index in [0.717, 1.165) is 0 Å². The van der Waals surface area contributed by atoms with Crippen LogP contribution in [0.2, 0.25) is 0 Å². The first kappa shape index (κ1) is 14.4. The highest BCUT2D eigenvalue weighted by Gasteiger charge is 2.15. The molecule has 0 aliphatic rings. The van der Waals surface area contributed by atoms with E-state index in [1.165, 1.54) is 19.2 Å². The number of halogens is 1. The van der Waals surface area contributed by atoms with Crippen molar-refractivity contribution in [1.82, 2.24) is 5.32 Å². The average molecular weight is 254 g/mol. The Bertz CT molecular complexity index is 421. The Morgan fingerprint density at radius 2 is 2.17 bits per heavy atom. The average Bonchev–Trinajstić information content (AvgIpc) is 2.27. The molecule has 0 aliphatic heterocycles. The lowest BCUT2D eigenvalue weighted by Crippen LogP contribution is -2.36. The summed E-state index contributed by atoms with van der Waals surface area (Å²) in [5, 5.41) is 2.71. The van der Waals surface area contributed by atoms with E-state index >= 15 is 0 Å². The number of rotatable bonds is 5. The van der Waals surface area contributed by atoms with E-state index in [0.29, 0.717) is 12.2 Å². The van der Waals surface area contributed by atoms with Crippen LogP contribution in [-0.2, 0) is 0 Å². The largest absolute Gasteiger partial charge is 0.497 e. The minimum Gasteiger partial charge on any atom is -0.497 e. The van der Waals surface area contributed by atoms with Gasteiger partial charge < -0.3 is 15.8 Å². The van der Waals surface area contributed by atoms with Crippen LogP contribution in [0.1, 0.15) is 30.6 Å². The van der Waals surface area contributed by atoms with Crippen LogP contribution >= 0.6 is 0 Å². The Labute approximate surface area is 106 Å². The Hall–Kier alpha value is -1.62. The maximum atomic E-state index is 13.6. The van der Waals surface area contributed by atoms with E-state index in [9.17, 15) is 9.18 Å². The van der Waals surface area contributed by atoms with Crippen molar-refractivity contribution in [2.24, 2.45) is 5.73 Å². The van der Waals surface area contributed by atoms with Gasteiger partial charge in [0, 0.05) is 18.2 Å². The number of carbonyl (C=O) groups excluding carboxylic acids is 1. The van der Waals surface area contributed by atoms with Gasteiger partial charge in [0.05, 0.1) is 12.7 Å². The second-order valence-electron chi connectivity index (χ2n) is 4.43. The van der Waals surface area contributed by atoms with Crippen molar-refractivity contribution in [1.29, 1.82) is 0 Å². The summed E-state index contributed by atoms with van der Waals surface area (Å²) in [6.45, 7) is 3.69. The Kier molecular flexibility index (Phi) is 5.09. The minimum absolute atomic E-state index is 0.00678. The normalized spacial score (nSPS) is 13.8. The van der Waals surface area contributed by atoms with Gasteiger partial charge in [-0.1, -0.05) is 0 Å². The third-order valence-corrected chi connectivity index (χ3v) is 2.52. The molecule has 0 fully saturated rings. The molecule has 1 aromatic carbocycles. The highest BCUT2D eigenvalue weighted by molar-refractivity contribution is 5.94. The molecule has 3 N–H and O–H groups in total. The molecule has 0 heterocycles. The van der Waals surface area contributed by atoms with Crippen LogP contribution in [0, 0.1) is 5.82 Å². The SMILES string of the molecule is COc1ccc(C(=O)NC(C)CC(C)N)c(F)c1. The summed E-state index contributed by atoms with van der Waals surface area (Å²) >= 11 is 0. The number of amides is 1. The molecule has 2 atom stereocenters. The standard InChI is InChI=1S/C13H19FN2O2/c1-8(15)6-9(2)16-13(17)11-5-4-10(18-3)7-12(11)14/h4-5,7-9H,6,15H2,1-3H3,(H,16,17). The van der Waals surface area contributed by atoms with Crippen molar-refractivity contribution >= 4 is 5.91 Å². The van der Waals surface area contributed by atoms with Gasteiger partial charge in [-0.25, -0.2) is 4.39 Å². The zero-order valence-electron chi connectivity index (χ0n) is 10.9. The quantitative estimate of drug-likeness (QED) is 0.840. The molecule has 0 saturated heterocycles. The maximum absolute atomic E-state index is 13.6. The van der Waals surface area contributed by atoms with Crippen molar-refractivity contribution < 1.29 is 13.9 Å². The molecule has 5 heteroatoms. The van der Waals surface area contributed by atoms with Crippen molar-refractivity contribution in [2.45, 2.75) is 32.4 Å². The van der Waals surface area contributed by atoms with Crippen LogP contribution in [0.3, 0.4) is 0 Å². The monoisotopic (exact) mass is 254 g/mol. The van der Waals surface area contributed by atoms with E-state index in [1.807, 2.05) is 13.8 Å². The molecular weight excluding hydrogens is 235 g/mol. The molecule has 2 unspecified atom stereocenters. The van der Waals surface area contributed by atoms with Crippen LogP contribution in [0.5, 0.6) is 5.75 Å². The predicted molar refractivity (Wildman–Crippen MR) is 68.1 cm³/mol.